The average molecular weight is 209 g/mol. The summed E-state index contributed by atoms with van der Waals surface area (Å²) in [6, 6.07) is 0. The molecule has 2 fully saturated rings. The molecule has 78 valence electrons. The molecule has 1 aliphatic heterocycles. The van der Waals surface area contributed by atoms with Gasteiger partial charge in [0.2, 0.25) is 0 Å². The molecule has 0 bridgehead atoms. The van der Waals surface area contributed by atoms with Crippen LogP contribution in [-0.4, -0.2) is 16.8 Å². The normalized spacial score (nSPS) is 48.1. The molecule has 14 heavy (non-hydrogen) atoms. The monoisotopic (exact) mass is 209 g/mol. The SMILES string of the molecule is CSC1=N[C@]23CCC[C@H]2C(C)(C)[C@@H]3C1. The van der Waals surface area contributed by atoms with E-state index in [0.29, 0.717) is 11.0 Å². The lowest BCUT2D eigenvalue weighted by Gasteiger charge is -2.60. The summed E-state index contributed by atoms with van der Waals surface area (Å²) < 4.78 is 0. The molecule has 0 radical (unpaired) electrons. The lowest BCUT2D eigenvalue weighted by Crippen LogP contribution is -2.61. The van der Waals surface area contributed by atoms with Gasteiger partial charge in [0.15, 0.2) is 0 Å². The Balaban J connectivity index is 1.99. The highest BCUT2D eigenvalue weighted by Gasteiger charge is 2.69. The van der Waals surface area contributed by atoms with Gasteiger partial charge in [-0.25, -0.2) is 0 Å². The smallest absolute Gasteiger partial charge is 0.0688 e. The van der Waals surface area contributed by atoms with Gasteiger partial charge < -0.3 is 0 Å². The Morgan fingerprint density at radius 3 is 2.86 bits per heavy atom. The second-order valence-corrected chi connectivity index (χ2v) is 6.60. The number of rotatable bonds is 0. The van der Waals surface area contributed by atoms with E-state index in [0.717, 1.165) is 11.8 Å². The number of hydrogen-bond acceptors (Lipinski definition) is 2. The average Bonchev–Trinajstić information content (AvgIpc) is 2.70. The number of nitrogens with zero attached hydrogens (tertiary/aromatic N) is 1. The molecular formula is C12H19NS. The summed E-state index contributed by atoms with van der Waals surface area (Å²) in [5.41, 5.74) is 0.985. The van der Waals surface area contributed by atoms with Crippen LogP contribution in [0.5, 0.6) is 0 Å². The lowest BCUT2D eigenvalue weighted by molar-refractivity contribution is -0.0834. The lowest BCUT2D eigenvalue weighted by atomic mass is 9.45. The molecule has 0 unspecified atom stereocenters. The van der Waals surface area contributed by atoms with Crippen molar-refractivity contribution in [2.24, 2.45) is 22.2 Å². The molecule has 0 aromatic rings. The maximum absolute atomic E-state index is 5.04. The fourth-order valence-corrected chi connectivity index (χ4v) is 5.07. The molecule has 3 atom stereocenters. The molecule has 3 rings (SSSR count). The summed E-state index contributed by atoms with van der Waals surface area (Å²) in [6.45, 7) is 4.93. The summed E-state index contributed by atoms with van der Waals surface area (Å²) >= 11 is 1.87. The van der Waals surface area contributed by atoms with Gasteiger partial charge in [-0.05, 0) is 36.3 Å². The fourth-order valence-electron chi connectivity index (χ4n) is 4.47. The predicted octanol–water partition coefficient (Wildman–Crippen LogP) is 3.35. The van der Waals surface area contributed by atoms with E-state index in [-0.39, 0.29) is 0 Å². The molecule has 3 aliphatic rings. The van der Waals surface area contributed by atoms with Gasteiger partial charge in [-0.2, -0.15) is 0 Å². The van der Waals surface area contributed by atoms with Crippen LogP contribution in [0, 0.1) is 17.3 Å². The summed E-state index contributed by atoms with van der Waals surface area (Å²) in [6.07, 6.45) is 7.65. The Hall–Kier alpha value is 0.0200. The van der Waals surface area contributed by atoms with Crippen LogP contribution in [0.3, 0.4) is 0 Å². The zero-order valence-electron chi connectivity index (χ0n) is 9.34. The van der Waals surface area contributed by atoms with Crippen LogP contribution in [0.4, 0.5) is 0 Å². The van der Waals surface area contributed by atoms with Gasteiger partial charge in [0.25, 0.3) is 0 Å². The van der Waals surface area contributed by atoms with E-state index in [1.807, 2.05) is 11.8 Å². The van der Waals surface area contributed by atoms with Crippen LogP contribution in [0.25, 0.3) is 0 Å². The summed E-state index contributed by atoms with van der Waals surface area (Å²) in [5, 5.41) is 1.42. The van der Waals surface area contributed by atoms with Crippen molar-refractivity contribution >= 4 is 16.8 Å². The first-order valence-electron chi connectivity index (χ1n) is 5.74. The van der Waals surface area contributed by atoms with E-state index in [9.17, 15) is 0 Å². The zero-order valence-corrected chi connectivity index (χ0v) is 10.2. The van der Waals surface area contributed by atoms with Crippen LogP contribution >= 0.6 is 11.8 Å². The maximum atomic E-state index is 5.04. The van der Waals surface area contributed by atoms with Gasteiger partial charge >= 0.3 is 0 Å². The highest BCUT2D eigenvalue weighted by molar-refractivity contribution is 8.13. The Labute approximate surface area is 90.8 Å². The molecule has 1 spiro atoms. The van der Waals surface area contributed by atoms with Gasteiger partial charge in [-0.1, -0.05) is 20.3 Å². The molecule has 1 heterocycles. The van der Waals surface area contributed by atoms with Crippen molar-refractivity contribution in [2.45, 2.75) is 45.1 Å². The van der Waals surface area contributed by atoms with Crippen molar-refractivity contribution in [3.8, 4) is 0 Å². The van der Waals surface area contributed by atoms with Gasteiger partial charge in [-0.3, -0.25) is 4.99 Å². The molecule has 2 saturated carbocycles. The summed E-state index contributed by atoms with van der Waals surface area (Å²) in [5.74, 6) is 1.76. The first-order valence-corrected chi connectivity index (χ1v) is 6.96. The number of thioether (sulfide) groups is 1. The Kier molecular flexibility index (Phi) is 1.70. The van der Waals surface area contributed by atoms with Crippen molar-refractivity contribution in [1.82, 2.24) is 0 Å². The highest BCUT2D eigenvalue weighted by Crippen LogP contribution is 2.70. The largest absolute Gasteiger partial charge is 0.276 e. The van der Waals surface area contributed by atoms with Crippen molar-refractivity contribution in [1.29, 1.82) is 0 Å². The third kappa shape index (κ3) is 0.827. The molecule has 0 saturated heterocycles. The van der Waals surface area contributed by atoms with Crippen LogP contribution in [0.2, 0.25) is 0 Å². The molecule has 2 aliphatic carbocycles. The topological polar surface area (TPSA) is 12.4 Å². The molecule has 0 aromatic carbocycles. The minimum Gasteiger partial charge on any atom is -0.276 e. The van der Waals surface area contributed by atoms with E-state index < -0.39 is 0 Å². The maximum Gasteiger partial charge on any atom is 0.0688 e. The molecule has 1 nitrogen and oxygen atoms in total. The molecular weight excluding hydrogens is 190 g/mol. The van der Waals surface area contributed by atoms with Gasteiger partial charge in [0.05, 0.1) is 10.6 Å². The quantitative estimate of drug-likeness (QED) is 0.596. The Morgan fingerprint density at radius 2 is 2.14 bits per heavy atom. The number of hydrogen-bond donors (Lipinski definition) is 0. The first-order chi connectivity index (χ1) is 6.61. The first kappa shape index (κ1) is 9.26. The predicted molar refractivity (Wildman–Crippen MR) is 62.9 cm³/mol. The fraction of sp³-hybridized carbons (Fsp3) is 0.917. The summed E-state index contributed by atoms with van der Waals surface area (Å²) in [7, 11) is 0. The zero-order chi connectivity index (χ0) is 9.97. The van der Waals surface area contributed by atoms with Crippen LogP contribution in [0.1, 0.15) is 39.5 Å². The van der Waals surface area contributed by atoms with E-state index in [2.05, 4.69) is 20.1 Å². The highest BCUT2D eigenvalue weighted by atomic mass is 32.2. The van der Waals surface area contributed by atoms with E-state index in [4.69, 9.17) is 4.99 Å². The van der Waals surface area contributed by atoms with Crippen molar-refractivity contribution < 1.29 is 0 Å². The van der Waals surface area contributed by atoms with Crippen LogP contribution < -0.4 is 0 Å². The third-order valence-electron chi connectivity index (χ3n) is 5.02. The molecule has 0 N–H and O–H groups in total. The van der Waals surface area contributed by atoms with Crippen molar-refractivity contribution in [3.63, 3.8) is 0 Å². The third-order valence-corrected chi connectivity index (χ3v) is 5.75. The molecule has 2 heteroatoms. The van der Waals surface area contributed by atoms with Gasteiger partial charge in [0, 0.05) is 6.42 Å². The number of aliphatic imine (C=N–C) groups is 1. The molecule has 0 amide bonds. The summed E-state index contributed by atoms with van der Waals surface area (Å²) in [4.78, 5) is 5.04. The second-order valence-electron chi connectivity index (χ2n) is 5.72. The van der Waals surface area contributed by atoms with E-state index in [1.54, 1.807) is 0 Å². The van der Waals surface area contributed by atoms with E-state index in [1.165, 1.54) is 30.7 Å². The van der Waals surface area contributed by atoms with Crippen LogP contribution in [-0.2, 0) is 0 Å². The minimum absolute atomic E-state index is 0.418. The molecule has 0 aromatic heterocycles. The van der Waals surface area contributed by atoms with E-state index >= 15 is 0 Å². The standard InChI is InChI=1S/C12H19NS/c1-11(2)8-5-4-6-12(8)9(11)7-10(13-12)14-3/h8-9H,4-7H2,1-3H3/t8-,9-,12+/m0/s1. The minimum atomic E-state index is 0.418. The van der Waals surface area contributed by atoms with Crippen molar-refractivity contribution in [2.75, 3.05) is 6.26 Å². The Bertz CT molecular complexity index is 307. The second kappa shape index (κ2) is 2.58. The van der Waals surface area contributed by atoms with Gasteiger partial charge in [-0.15, -0.1) is 11.8 Å². The Morgan fingerprint density at radius 1 is 1.36 bits per heavy atom. The van der Waals surface area contributed by atoms with Crippen molar-refractivity contribution in [3.05, 3.63) is 0 Å². The van der Waals surface area contributed by atoms with Gasteiger partial charge in [0.1, 0.15) is 0 Å². The van der Waals surface area contributed by atoms with Crippen LogP contribution in [0.15, 0.2) is 4.99 Å².